The first kappa shape index (κ1) is 14.3. The number of morpholine rings is 1. The van der Waals surface area contributed by atoms with Gasteiger partial charge in [-0.05, 0) is 19.1 Å². The predicted molar refractivity (Wildman–Crippen MR) is 70.9 cm³/mol. The lowest BCUT2D eigenvalue weighted by molar-refractivity contribution is -0.143. The summed E-state index contributed by atoms with van der Waals surface area (Å²) in [4.78, 5) is 29.4. The van der Waals surface area contributed by atoms with Crippen LogP contribution in [0.4, 0.5) is 5.69 Å². The number of hydrogen-bond acceptors (Lipinski definition) is 6. The highest BCUT2D eigenvalue weighted by Gasteiger charge is 2.25. The highest BCUT2D eigenvalue weighted by Crippen LogP contribution is 2.07. The third kappa shape index (κ3) is 3.45. The number of aromatic nitrogens is 1. The lowest BCUT2D eigenvalue weighted by atomic mass is 10.3. The third-order valence-electron chi connectivity index (χ3n) is 2.95. The number of nitrogens with two attached hydrogens (primary N) is 1. The van der Waals surface area contributed by atoms with Crippen LogP contribution in [0.15, 0.2) is 18.3 Å². The van der Waals surface area contributed by atoms with Gasteiger partial charge < -0.3 is 20.1 Å². The number of hydrogen-bond donors (Lipinski definition) is 1. The van der Waals surface area contributed by atoms with E-state index in [0.717, 1.165) is 0 Å². The molecule has 1 aromatic rings. The lowest BCUT2D eigenvalue weighted by Gasteiger charge is -2.28. The van der Waals surface area contributed by atoms with Crippen LogP contribution in [0.25, 0.3) is 0 Å². The van der Waals surface area contributed by atoms with Crippen LogP contribution in [-0.2, 0) is 14.3 Å². The van der Waals surface area contributed by atoms with Crippen LogP contribution in [0.1, 0.15) is 17.4 Å². The normalized spacial score (nSPS) is 16.6. The number of nitrogen functional groups attached to an aromatic ring is 1. The molecule has 1 unspecified atom stereocenters. The first-order chi connectivity index (χ1) is 9.58. The van der Waals surface area contributed by atoms with Gasteiger partial charge in [-0.3, -0.25) is 4.79 Å². The molecule has 1 saturated heterocycles. The SMILES string of the molecule is CC(OC(=O)c1ccc(N)cn1)C(=O)N1CCOCC1. The molecule has 1 amide bonds. The molecule has 2 rings (SSSR count). The van der Waals surface area contributed by atoms with Crippen molar-refractivity contribution in [2.24, 2.45) is 0 Å². The highest BCUT2D eigenvalue weighted by molar-refractivity contribution is 5.90. The maximum atomic E-state index is 12.1. The minimum atomic E-state index is -0.847. The van der Waals surface area contributed by atoms with E-state index in [9.17, 15) is 9.59 Å². The lowest BCUT2D eigenvalue weighted by Crippen LogP contribution is -2.46. The topological polar surface area (TPSA) is 94.8 Å². The van der Waals surface area contributed by atoms with E-state index in [1.165, 1.54) is 12.3 Å². The molecule has 2 heterocycles. The number of carbonyl (C=O) groups excluding carboxylic acids is 2. The van der Waals surface area contributed by atoms with E-state index >= 15 is 0 Å². The quantitative estimate of drug-likeness (QED) is 0.787. The minimum absolute atomic E-state index is 0.126. The number of rotatable bonds is 3. The van der Waals surface area contributed by atoms with Crippen molar-refractivity contribution in [3.05, 3.63) is 24.0 Å². The Balaban J connectivity index is 1.92. The smallest absolute Gasteiger partial charge is 0.357 e. The van der Waals surface area contributed by atoms with Crippen LogP contribution in [0, 0.1) is 0 Å². The molecule has 108 valence electrons. The van der Waals surface area contributed by atoms with Crippen molar-refractivity contribution in [3.63, 3.8) is 0 Å². The second-order valence-corrected chi connectivity index (χ2v) is 4.46. The Morgan fingerprint density at radius 1 is 1.40 bits per heavy atom. The van der Waals surface area contributed by atoms with Crippen LogP contribution in [0.5, 0.6) is 0 Å². The molecule has 1 atom stereocenters. The Kier molecular flexibility index (Phi) is 4.52. The molecule has 7 nitrogen and oxygen atoms in total. The van der Waals surface area contributed by atoms with Crippen molar-refractivity contribution < 1.29 is 19.1 Å². The average Bonchev–Trinajstić information content (AvgIpc) is 2.48. The average molecular weight is 279 g/mol. The van der Waals surface area contributed by atoms with Crippen LogP contribution >= 0.6 is 0 Å². The maximum Gasteiger partial charge on any atom is 0.357 e. The van der Waals surface area contributed by atoms with Gasteiger partial charge in [0, 0.05) is 13.1 Å². The highest BCUT2D eigenvalue weighted by atomic mass is 16.5. The van der Waals surface area contributed by atoms with Gasteiger partial charge in [0.05, 0.1) is 25.1 Å². The van der Waals surface area contributed by atoms with E-state index in [-0.39, 0.29) is 11.6 Å². The van der Waals surface area contributed by atoms with E-state index in [1.807, 2.05) is 0 Å². The largest absolute Gasteiger partial charge is 0.448 e. The molecule has 0 aliphatic carbocycles. The van der Waals surface area contributed by atoms with E-state index in [4.69, 9.17) is 15.2 Å². The minimum Gasteiger partial charge on any atom is -0.448 e. The number of pyridine rings is 1. The zero-order chi connectivity index (χ0) is 14.5. The summed E-state index contributed by atoms with van der Waals surface area (Å²) in [6, 6.07) is 3.02. The van der Waals surface area contributed by atoms with E-state index in [0.29, 0.717) is 32.0 Å². The summed E-state index contributed by atoms with van der Waals surface area (Å²) in [5.41, 5.74) is 6.07. The summed E-state index contributed by atoms with van der Waals surface area (Å²) in [6.45, 7) is 3.59. The number of carbonyl (C=O) groups is 2. The summed E-state index contributed by atoms with van der Waals surface area (Å²) in [5, 5.41) is 0. The van der Waals surface area contributed by atoms with Crippen molar-refractivity contribution in [1.29, 1.82) is 0 Å². The fourth-order valence-electron chi connectivity index (χ4n) is 1.84. The molecule has 1 aliphatic heterocycles. The number of ether oxygens (including phenoxy) is 2. The van der Waals surface area contributed by atoms with Crippen molar-refractivity contribution >= 4 is 17.6 Å². The molecular formula is C13H17N3O4. The summed E-state index contributed by atoms with van der Waals surface area (Å²) in [7, 11) is 0. The van der Waals surface area contributed by atoms with Crippen molar-refractivity contribution in [2.75, 3.05) is 32.0 Å². The van der Waals surface area contributed by atoms with Crippen molar-refractivity contribution in [1.82, 2.24) is 9.88 Å². The molecule has 1 fully saturated rings. The number of nitrogens with zero attached hydrogens (tertiary/aromatic N) is 2. The van der Waals surface area contributed by atoms with Gasteiger partial charge in [-0.15, -0.1) is 0 Å². The molecule has 0 bridgehead atoms. The first-order valence-corrected chi connectivity index (χ1v) is 6.37. The predicted octanol–water partition coefficient (Wildman–Crippen LogP) is 0.0679. The molecule has 0 radical (unpaired) electrons. The van der Waals surface area contributed by atoms with Gasteiger partial charge in [-0.2, -0.15) is 0 Å². The van der Waals surface area contributed by atoms with Crippen LogP contribution in [0.3, 0.4) is 0 Å². The van der Waals surface area contributed by atoms with Crippen molar-refractivity contribution in [3.8, 4) is 0 Å². The second-order valence-electron chi connectivity index (χ2n) is 4.46. The van der Waals surface area contributed by atoms with Crippen molar-refractivity contribution in [2.45, 2.75) is 13.0 Å². The molecule has 0 saturated carbocycles. The fraction of sp³-hybridized carbons (Fsp3) is 0.462. The molecular weight excluding hydrogens is 262 g/mol. The van der Waals surface area contributed by atoms with Gasteiger partial charge in [0.15, 0.2) is 6.10 Å². The molecule has 1 aromatic heterocycles. The second kappa shape index (κ2) is 6.33. The monoisotopic (exact) mass is 279 g/mol. The summed E-state index contributed by atoms with van der Waals surface area (Å²) in [5.74, 6) is -0.865. The molecule has 1 aliphatic rings. The summed E-state index contributed by atoms with van der Waals surface area (Å²) >= 11 is 0. The van der Waals surface area contributed by atoms with Gasteiger partial charge in [0.2, 0.25) is 0 Å². The van der Waals surface area contributed by atoms with E-state index in [1.54, 1.807) is 17.9 Å². The number of amides is 1. The maximum absolute atomic E-state index is 12.1. The van der Waals surface area contributed by atoms with Gasteiger partial charge in [0.1, 0.15) is 5.69 Å². The number of esters is 1. The summed E-state index contributed by atoms with van der Waals surface area (Å²) < 4.78 is 10.3. The molecule has 20 heavy (non-hydrogen) atoms. The Morgan fingerprint density at radius 2 is 2.10 bits per heavy atom. The molecule has 2 N–H and O–H groups in total. The van der Waals surface area contributed by atoms with Gasteiger partial charge in [-0.1, -0.05) is 0 Å². The van der Waals surface area contributed by atoms with E-state index < -0.39 is 12.1 Å². The Hall–Kier alpha value is -2.15. The standard InChI is InChI=1S/C13H17N3O4/c1-9(12(17)16-4-6-19-7-5-16)20-13(18)11-3-2-10(14)8-15-11/h2-3,8-9H,4-7,14H2,1H3. The Labute approximate surface area is 116 Å². The zero-order valence-electron chi connectivity index (χ0n) is 11.2. The Bertz CT molecular complexity index is 483. The molecule has 7 heteroatoms. The number of anilines is 1. The fourth-order valence-corrected chi connectivity index (χ4v) is 1.84. The Morgan fingerprint density at radius 3 is 2.70 bits per heavy atom. The zero-order valence-corrected chi connectivity index (χ0v) is 11.2. The van der Waals surface area contributed by atoms with E-state index in [2.05, 4.69) is 4.98 Å². The third-order valence-corrected chi connectivity index (χ3v) is 2.95. The first-order valence-electron chi connectivity index (χ1n) is 6.37. The molecule has 0 aromatic carbocycles. The summed E-state index contributed by atoms with van der Waals surface area (Å²) in [6.07, 6.45) is 0.519. The van der Waals surface area contributed by atoms with Gasteiger partial charge in [-0.25, -0.2) is 9.78 Å². The van der Waals surface area contributed by atoms with Gasteiger partial charge in [0.25, 0.3) is 5.91 Å². The van der Waals surface area contributed by atoms with Crippen LogP contribution < -0.4 is 5.73 Å². The molecule has 0 spiro atoms. The van der Waals surface area contributed by atoms with Gasteiger partial charge >= 0.3 is 5.97 Å². The van der Waals surface area contributed by atoms with Crippen LogP contribution in [-0.4, -0.2) is 54.2 Å². The van der Waals surface area contributed by atoms with Crippen LogP contribution in [0.2, 0.25) is 0 Å².